The van der Waals surface area contributed by atoms with E-state index in [1.165, 1.54) is 13.1 Å². The highest BCUT2D eigenvalue weighted by Gasteiger charge is 2.30. The van der Waals surface area contributed by atoms with Crippen LogP contribution in [-0.4, -0.2) is 47.1 Å². The fourth-order valence-corrected chi connectivity index (χ4v) is 9.06. The minimum absolute atomic E-state index is 0.102. The Labute approximate surface area is 431 Å². The first kappa shape index (κ1) is 49.6. The number of aromatic nitrogens is 6. The summed E-state index contributed by atoms with van der Waals surface area (Å²) >= 11 is 17.9. The normalized spacial score (nSPS) is 12.6. The predicted molar refractivity (Wildman–Crippen MR) is 277 cm³/mol. The second kappa shape index (κ2) is 21.2. The van der Waals surface area contributed by atoms with E-state index in [1.807, 2.05) is 69.3 Å². The van der Waals surface area contributed by atoms with Crippen molar-refractivity contribution in [3.63, 3.8) is 0 Å². The van der Waals surface area contributed by atoms with Crippen LogP contribution in [0.3, 0.4) is 0 Å². The van der Waals surface area contributed by atoms with Gasteiger partial charge in [-0.1, -0.05) is 86.7 Å². The Morgan fingerprint density at radius 1 is 0.575 bits per heavy atom. The zero-order valence-corrected chi connectivity index (χ0v) is 41.9. The predicted octanol–water partition coefficient (Wildman–Crippen LogP) is 11.4. The lowest BCUT2D eigenvalue weighted by Gasteiger charge is -2.11. The SMILES string of the molecule is CC#N.Cc1noc2c1-c1cc[nH]c(=O)c1C(c1ccc(Cl)cc1)=NC2.Cc1noc2c1-c1ccn(C)c(=O)c1C(c1ccc(Cl)cc1)=NC2.Cc1noc2c1-c1ccnc(F)c1C(c1ccc(Cl)cc1)=NC2. The first-order valence-electron chi connectivity index (χ1n) is 22.4. The molecule has 0 radical (unpaired) electrons. The summed E-state index contributed by atoms with van der Waals surface area (Å²) in [6, 6.07) is 29.0. The van der Waals surface area contributed by atoms with Crippen molar-refractivity contribution in [2.45, 2.75) is 47.3 Å². The maximum atomic E-state index is 14.5. The summed E-state index contributed by atoms with van der Waals surface area (Å²) in [6.45, 7) is 7.96. The second-order valence-electron chi connectivity index (χ2n) is 16.6. The highest BCUT2D eigenvalue weighted by atomic mass is 35.5. The van der Waals surface area contributed by atoms with Gasteiger partial charge in [-0.25, -0.2) is 4.98 Å². The molecule has 0 atom stereocenters. The van der Waals surface area contributed by atoms with E-state index >= 15 is 0 Å². The minimum Gasteiger partial charge on any atom is -0.358 e. The van der Waals surface area contributed by atoms with Crippen LogP contribution in [0.25, 0.3) is 33.4 Å². The third-order valence-electron chi connectivity index (χ3n) is 11.9. The van der Waals surface area contributed by atoms with Gasteiger partial charge >= 0.3 is 0 Å². The number of nitrogens with one attached hydrogen (secondary N) is 1. The van der Waals surface area contributed by atoms with Crippen molar-refractivity contribution >= 4 is 51.9 Å². The van der Waals surface area contributed by atoms with Crippen LogP contribution in [-0.2, 0) is 26.7 Å². The van der Waals surface area contributed by atoms with Crippen molar-refractivity contribution in [1.82, 2.24) is 30.0 Å². The fourth-order valence-electron chi connectivity index (χ4n) is 8.69. The Bertz CT molecular complexity index is 3830. The van der Waals surface area contributed by atoms with E-state index in [4.69, 9.17) is 53.6 Å². The summed E-state index contributed by atoms with van der Waals surface area (Å²) in [5, 5.41) is 21.2. The third kappa shape index (κ3) is 9.85. The summed E-state index contributed by atoms with van der Waals surface area (Å²) < 4.78 is 32.2. The Morgan fingerprint density at radius 3 is 1.40 bits per heavy atom. The van der Waals surface area contributed by atoms with Crippen LogP contribution in [0, 0.1) is 38.1 Å². The molecule has 0 saturated carbocycles. The van der Waals surface area contributed by atoms with Gasteiger partial charge in [-0.3, -0.25) is 24.6 Å². The van der Waals surface area contributed by atoms with Crippen LogP contribution in [0.15, 0.2) is 148 Å². The molecular weight excluding hydrogens is 994 g/mol. The molecule has 19 heteroatoms. The van der Waals surface area contributed by atoms with Gasteiger partial charge in [0.25, 0.3) is 11.1 Å². The number of hydrogen-bond acceptors (Lipinski definition) is 13. The first-order valence-corrected chi connectivity index (χ1v) is 23.6. The molecule has 9 heterocycles. The molecule has 364 valence electrons. The Morgan fingerprint density at radius 2 is 0.959 bits per heavy atom. The van der Waals surface area contributed by atoms with Crippen molar-refractivity contribution in [2.75, 3.05) is 0 Å². The Balaban J connectivity index is 0.000000131. The van der Waals surface area contributed by atoms with Crippen LogP contribution < -0.4 is 11.1 Å². The average Bonchev–Trinajstić information content (AvgIpc) is 3.94. The topological polar surface area (TPSA) is 207 Å². The first-order chi connectivity index (χ1) is 35.3. The van der Waals surface area contributed by atoms with E-state index in [0.717, 1.165) is 55.9 Å². The number of nitrogens with zero attached hydrogens (tertiary/aromatic N) is 9. The molecule has 0 bridgehead atoms. The molecule has 15 nitrogen and oxygen atoms in total. The lowest BCUT2D eigenvalue weighted by atomic mass is 9.95. The molecular formula is C54H40Cl3FN10O5. The number of hydrogen-bond donors (Lipinski definition) is 1. The number of benzene rings is 3. The van der Waals surface area contributed by atoms with Crippen molar-refractivity contribution in [2.24, 2.45) is 22.0 Å². The van der Waals surface area contributed by atoms with Gasteiger partial charge < -0.3 is 23.1 Å². The number of aliphatic imine (C=N–C) groups is 3. The molecule has 73 heavy (non-hydrogen) atoms. The number of aromatic amines is 1. The van der Waals surface area contributed by atoms with Crippen LogP contribution in [0.1, 0.15) is 74.7 Å². The Hall–Kier alpha value is -8.36. The van der Waals surface area contributed by atoms with E-state index in [1.54, 1.807) is 72.5 Å². The lowest BCUT2D eigenvalue weighted by molar-refractivity contribution is 0.382. The van der Waals surface area contributed by atoms with Gasteiger partial charge in [0.05, 0.1) is 73.7 Å². The van der Waals surface area contributed by atoms with Crippen LogP contribution in [0.4, 0.5) is 4.39 Å². The summed E-state index contributed by atoms with van der Waals surface area (Å²) in [5.41, 5.74) is 12.4. The van der Waals surface area contributed by atoms with E-state index in [2.05, 4.69) is 40.4 Å². The number of fused-ring (bicyclic) bond motifs is 9. The number of aryl methyl sites for hydroxylation is 4. The number of H-pyrrole nitrogens is 1. The largest absolute Gasteiger partial charge is 0.358 e. The number of rotatable bonds is 3. The highest BCUT2D eigenvalue weighted by molar-refractivity contribution is 6.31. The fraction of sp³-hybridized carbons (Fsp3) is 0.148. The highest BCUT2D eigenvalue weighted by Crippen LogP contribution is 2.37. The number of halogens is 4. The summed E-state index contributed by atoms with van der Waals surface area (Å²) in [4.78, 5) is 45.7. The molecule has 1 N–H and O–H groups in total. The molecule has 3 aromatic carbocycles. The van der Waals surface area contributed by atoms with Gasteiger partial charge in [-0.15, -0.1) is 0 Å². The standard InChI is InChI=1S/C18H14ClN3O2.C17H11ClFN3O.C17H12ClN3O2.C2H3N/c1-10-15-13-7-8-22(2)18(23)16(13)17(20-9-14(15)24-21-10)11-3-5-12(19)6-4-11;1-9-14-12-6-7-20-17(19)15(12)16(21-8-13(14)23-22-9)10-2-4-11(18)5-3-10;1-9-14-12-6-7-19-17(22)15(12)16(20-8-13(14)23-21-9)10-2-4-11(18)5-3-10;1-2-3/h3-8H,9H2,1-2H3;2-7H,8H2,1H3;2-7H,8H2,1H3,(H,19,22);1H3. The molecule has 3 aliphatic heterocycles. The maximum Gasteiger partial charge on any atom is 0.260 e. The quantitative estimate of drug-likeness (QED) is 0.166. The molecule has 0 amide bonds. The molecule has 3 aliphatic rings. The molecule has 0 spiro atoms. The third-order valence-corrected chi connectivity index (χ3v) is 12.7. The molecule has 0 fully saturated rings. The number of pyridine rings is 3. The summed E-state index contributed by atoms with van der Waals surface area (Å²) in [6.07, 6.45) is 4.82. The Kier molecular flexibility index (Phi) is 14.4. The molecule has 9 aromatic rings. The van der Waals surface area contributed by atoms with Gasteiger partial charge in [0.15, 0.2) is 17.3 Å². The molecule has 0 aliphatic carbocycles. The summed E-state index contributed by atoms with van der Waals surface area (Å²) in [7, 11) is 1.73. The van der Waals surface area contributed by atoms with Gasteiger partial charge in [0.1, 0.15) is 19.6 Å². The van der Waals surface area contributed by atoms with E-state index in [9.17, 15) is 14.0 Å². The van der Waals surface area contributed by atoms with Gasteiger partial charge in [0.2, 0.25) is 5.95 Å². The zero-order chi connectivity index (χ0) is 51.5. The zero-order valence-electron chi connectivity index (χ0n) is 39.6. The van der Waals surface area contributed by atoms with Crippen molar-refractivity contribution < 1.29 is 18.0 Å². The maximum absolute atomic E-state index is 14.5. The average molecular weight is 1030 g/mol. The van der Waals surface area contributed by atoms with Gasteiger partial charge in [-0.05, 0) is 75.4 Å². The van der Waals surface area contributed by atoms with Crippen molar-refractivity contribution in [1.29, 1.82) is 5.26 Å². The van der Waals surface area contributed by atoms with E-state index in [-0.39, 0.29) is 11.1 Å². The lowest BCUT2D eigenvalue weighted by Crippen LogP contribution is -2.25. The molecule has 12 rings (SSSR count). The van der Waals surface area contributed by atoms with Crippen molar-refractivity contribution in [3.8, 4) is 39.4 Å². The minimum atomic E-state index is -0.565. The van der Waals surface area contributed by atoms with Crippen LogP contribution in [0.5, 0.6) is 0 Å². The van der Waals surface area contributed by atoms with E-state index in [0.29, 0.717) is 97.1 Å². The monoisotopic (exact) mass is 1030 g/mol. The van der Waals surface area contributed by atoms with E-state index < -0.39 is 5.95 Å². The second-order valence-corrected chi connectivity index (χ2v) is 17.9. The molecule has 0 saturated heterocycles. The van der Waals surface area contributed by atoms with Gasteiger partial charge in [-0.2, -0.15) is 9.65 Å². The van der Waals surface area contributed by atoms with Crippen molar-refractivity contribution in [3.05, 3.63) is 219 Å². The molecule has 6 aromatic heterocycles. The van der Waals surface area contributed by atoms with Crippen LogP contribution >= 0.6 is 34.8 Å². The number of nitriles is 1. The smallest absolute Gasteiger partial charge is 0.260 e. The van der Waals surface area contributed by atoms with Crippen LogP contribution in [0.2, 0.25) is 15.1 Å². The molecule has 0 unspecified atom stereocenters. The van der Waals surface area contributed by atoms with Gasteiger partial charge in [0, 0.05) is 81.0 Å². The summed E-state index contributed by atoms with van der Waals surface area (Å²) in [5.74, 6) is 1.40.